The van der Waals surface area contributed by atoms with Crippen LogP contribution in [0, 0.1) is 10.1 Å². The van der Waals surface area contributed by atoms with Crippen LogP contribution in [0.15, 0.2) is 34.3 Å². The van der Waals surface area contributed by atoms with Crippen molar-refractivity contribution in [3.63, 3.8) is 0 Å². The minimum absolute atomic E-state index is 0.0435. The lowest BCUT2D eigenvalue weighted by Crippen LogP contribution is -2.19. The van der Waals surface area contributed by atoms with E-state index in [0.717, 1.165) is 10.0 Å². The lowest BCUT2D eigenvalue weighted by atomic mass is 10.0. The Balaban J connectivity index is 2.99. The molecule has 1 atom stereocenters. The molecule has 0 bridgehead atoms. The van der Waals surface area contributed by atoms with Crippen LogP contribution >= 0.6 is 15.9 Å². The van der Waals surface area contributed by atoms with Crippen molar-refractivity contribution in [2.24, 2.45) is 0 Å². The molecule has 0 aromatic heterocycles. The average molecular weight is 342 g/mol. The molecule has 0 aliphatic rings. The largest absolute Gasteiger partial charge is 0.463 e. The highest BCUT2D eigenvalue weighted by molar-refractivity contribution is 9.10. The van der Waals surface area contributed by atoms with Crippen molar-refractivity contribution in [2.75, 3.05) is 6.61 Å². The quantitative estimate of drug-likeness (QED) is 0.344. The molecule has 0 amide bonds. The van der Waals surface area contributed by atoms with Crippen LogP contribution in [0.5, 0.6) is 0 Å². The van der Waals surface area contributed by atoms with Crippen LogP contribution in [-0.4, -0.2) is 23.5 Å². The molecule has 0 unspecified atom stereocenters. The second-order valence-electron chi connectivity index (χ2n) is 4.28. The van der Waals surface area contributed by atoms with Crippen LogP contribution in [0.2, 0.25) is 0 Å². The first-order valence-corrected chi connectivity index (χ1v) is 7.00. The molecule has 0 N–H and O–H groups in total. The zero-order chi connectivity index (χ0) is 15.1. The van der Waals surface area contributed by atoms with E-state index >= 15 is 0 Å². The van der Waals surface area contributed by atoms with Gasteiger partial charge in [0, 0.05) is 28.3 Å². The molecule has 1 rings (SSSR count). The predicted molar refractivity (Wildman–Crippen MR) is 79.8 cm³/mol. The monoisotopic (exact) mass is 341 g/mol. The van der Waals surface area contributed by atoms with Crippen molar-refractivity contribution in [3.05, 3.63) is 50.0 Å². The maximum absolute atomic E-state index is 11.9. The van der Waals surface area contributed by atoms with Crippen molar-refractivity contribution < 1.29 is 14.5 Å². The van der Waals surface area contributed by atoms with Crippen molar-refractivity contribution >= 4 is 28.0 Å². The van der Waals surface area contributed by atoms with E-state index in [4.69, 9.17) is 4.74 Å². The van der Waals surface area contributed by atoms with Crippen LogP contribution in [0.25, 0.3) is 6.08 Å². The Hall–Kier alpha value is -1.69. The number of halogens is 1. The van der Waals surface area contributed by atoms with Gasteiger partial charge < -0.3 is 4.74 Å². The topological polar surface area (TPSA) is 69.4 Å². The first-order valence-electron chi connectivity index (χ1n) is 6.20. The fourth-order valence-corrected chi connectivity index (χ4v) is 1.84. The lowest BCUT2D eigenvalue weighted by Gasteiger charge is -2.08. The Morgan fingerprint density at radius 1 is 1.45 bits per heavy atom. The average Bonchev–Trinajstić information content (AvgIpc) is 2.40. The summed E-state index contributed by atoms with van der Waals surface area (Å²) in [5.41, 5.74) is 1.10. The van der Waals surface area contributed by atoms with E-state index in [0.29, 0.717) is 5.57 Å². The molecule has 0 radical (unpaired) electrons. The molecule has 0 aliphatic heterocycles. The SMILES string of the molecule is CCOC(=O)/C(=C\c1ccc(Br)cc1)C[C@H](C)[N+](=O)[O-]. The Labute approximate surface area is 125 Å². The van der Waals surface area contributed by atoms with E-state index in [1.54, 1.807) is 13.0 Å². The smallest absolute Gasteiger partial charge is 0.334 e. The molecular formula is C14H16BrNO4. The van der Waals surface area contributed by atoms with E-state index in [1.165, 1.54) is 6.92 Å². The van der Waals surface area contributed by atoms with Gasteiger partial charge in [-0.2, -0.15) is 0 Å². The van der Waals surface area contributed by atoms with Gasteiger partial charge in [0.1, 0.15) is 0 Å². The van der Waals surface area contributed by atoms with E-state index in [-0.39, 0.29) is 13.0 Å². The molecule has 6 heteroatoms. The van der Waals surface area contributed by atoms with Gasteiger partial charge in [-0.15, -0.1) is 0 Å². The highest BCUT2D eigenvalue weighted by Gasteiger charge is 2.20. The maximum atomic E-state index is 11.9. The van der Waals surface area contributed by atoms with E-state index in [9.17, 15) is 14.9 Å². The molecule has 0 spiro atoms. The van der Waals surface area contributed by atoms with Crippen molar-refractivity contribution in [1.82, 2.24) is 0 Å². The number of nitro groups is 1. The molecular weight excluding hydrogens is 326 g/mol. The number of ether oxygens (including phenoxy) is 1. The summed E-state index contributed by atoms with van der Waals surface area (Å²) in [5.74, 6) is -0.510. The number of benzene rings is 1. The zero-order valence-corrected chi connectivity index (χ0v) is 12.9. The molecule has 0 heterocycles. The van der Waals surface area contributed by atoms with Gasteiger partial charge in [0.15, 0.2) is 0 Å². The van der Waals surface area contributed by atoms with Gasteiger partial charge in [-0.25, -0.2) is 4.79 Å². The molecule has 0 saturated carbocycles. The second-order valence-corrected chi connectivity index (χ2v) is 5.20. The number of esters is 1. The fraction of sp³-hybridized carbons (Fsp3) is 0.357. The fourth-order valence-electron chi connectivity index (χ4n) is 1.58. The molecule has 0 fully saturated rings. The van der Waals surface area contributed by atoms with Crippen LogP contribution in [0.1, 0.15) is 25.8 Å². The normalized spacial score (nSPS) is 12.8. The van der Waals surface area contributed by atoms with Crippen molar-refractivity contribution in [3.8, 4) is 0 Å². The molecule has 0 aliphatic carbocycles. The third-order valence-corrected chi connectivity index (χ3v) is 3.15. The van der Waals surface area contributed by atoms with Crippen LogP contribution in [0.3, 0.4) is 0 Å². The summed E-state index contributed by atoms with van der Waals surface area (Å²) in [5, 5.41) is 10.7. The Morgan fingerprint density at radius 3 is 2.55 bits per heavy atom. The van der Waals surface area contributed by atoms with Gasteiger partial charge in [-0.1, -0.05) is 28.1 Å². The number of nitrogens with zero attached hydrogens (tertiary/aromatic N) is 1. The number of hydrogen-bond acceptors (Lipinski definition) is 4. The molecule has 5 nitrogen and oxygen atoms in total. The third kappa shape index (κ3) is 5.13. The van der Waals surface area contributed by atoms with Crippen molar-refractivity contribution in [2.45, 2.75) is 26.3 Å². The molecule has 1 aromatic carbocycles. The van der Waals surface area contributed by atoms with Gasteiger partial charge in [-0.3, -0.25) is 10.1 Å². The minimum Gasteiger partial charge on any atom is -0.463 e. The predicted octanol–water partition coefficient (Wildman–Crippen LogP) is 3.45. The van der Waals surface area contributed by atoms with E-state index < -0.39 is 16.9 Å². The summed E-state index contributed by atoms with van der Waals surface area (Å²) in [6.45, 7) is 3.41. The summed E-state index contributed by atoms with van der Waals surface area (Å²) >= 11 is 3.32. The molecule has 20 heavy (non-hydrogen) atoms. The molecule has 0 saturated heterocycles. The van der Waals surface area contributed by atoms with Gasteiger partial charge in [0.25, 0.3) is 0 Å². The zero-order valence-electron chi connectivity index (χ0n) is 11.3. The van der Waals surface area contributed by atoms with Crippen LogP contribution < -0.4 is 0 Å². The van der Waals surface area contributed by atoms with E-state index in [1.807, 2.05) is 24.3 Å². The lowest BCUT2D eigenvalue weighted by molar-refractivity contribution is -0.517. The van der Waals surface area contributed by atoms with E-state index in [2.05, 4.69) is 15.9 Å². The number of carbonyl (C=O) groups excluding carboxylic acids is 1. The Morgan fingerprint density at radius 2 is 2.05 bits per heavy atom. The highest BCUT2D eigenvalue weighted by Crippen LogP contribution is 2.17. The second kappa shape index (κ2) is 7.79. The van der Waals surface area contributed by atoms with Crippen LogP contribution in [-0.2, 0) is 9.53 Å². The minimum atomic E-state index is -0.832. The first-order chi connectivity index (χ1) is 9.43. The summed E-state index contributed by atoms with van der Waals surface area (Å²) < 4.78 is 5.86. The van der Waals surface area contributed by atoms with Crippen LogP contribution in [0.4, 0.5) is 0 Å². The third-order valence-electron chi connectivity index (χ3n) is 2.62. The highest BCUT2D eigenvalue weighted by atomic mass is 79.9. The molecule has 1 aromatic rings. The van der Waals surface area contributed by atoms with Gasteiger partial charge in [0.2, 0.25) is 6.04 Å². The number of carbonyl (C=O) groups is 1. The summed E-state index contributed by atoms with van der Waals surface area (Å²) in [4.78, 5) is 22.2. The summed E-state index contributed by atoms with van der Waals surface area (Å²) in [6.07, 6.45) is 1.67. The van der Waals surface area contributed by atoms with Crippen molar-refractivity contribution in [1.29, 1.82) is 0 Å². The maximum Gasteiger partial charge on any atom is 0.334 e. The summed E-state index contributed by atoms with van der Waals surface area (Å²) in [6, 6.07) is 6.48. The van der Waals surface area contributed by atoms with Gasteiger partial charge in [-0.05, 0) is 30.7 Å². The number of rotatable bonds is 6. The van der Waals surface area contributed by atoms with Gasteiger partial charge >= 0.3 is 5.97 Å². The first kappa shape index (κ1) is 16.4. The Bertz CT molecular complexity index is 510. The standard InChI is InChI=1S/C14H16BrNO4/c1-3-20-14(17)12(8-10(2)16(18)19)9-11-4-6-13(15)7-5-11/h4-7,9-10H,3,8H2,1-2H3/b12-9-/t10-/m0/s1. The number of hydrogen-bond donors (Lipinski definition) is 0. The summed E-state index contributed by atoms with van der Waals surface area (Å²) in [7, 11) is 0. The Kier molecular flexibility index (Phi) is 6.38. The van der Waals surface area contributed by atoms with Gasteiger partial charge in [0.05, 0.1) is 6.61 Å². The molecule has 108 valence electrons.